The Morgan fingerprint density at radius 1 is 1.11 bits per heavy atom. The molecule has 0 atom stereocenters. The normalized spacial score (nSPS) is 10.2. The molecular weight excluding hydrogens is 244 g/mol. The molecule has 0 saturated heterocycles. The lowest BCUT2D eigenvalue weighted by Crippen LogP contribution is -2.41. The first-order chi connectivity index (χ1) is 8.73. The molecule has 2 amide bonds. The second-order valence-corrected chi connectivity index (χ2v) is 4.84. The SMILES string of the molecule is Cc1cc(C)c(N(C)C(=O)N(C)CC(=O)O)c(C)c1. The maximum absolute atomic E-state index is 12.2. The zero-order chi connectivity index (χ0) is 14.7. The second kappa shape index (κ2) is 5.73. The van der Waals surface area contributed by atoms with Gasteiger partial charge >= 0.3 is 12.0 Å². The summed E-state index contributed by atoms with van der Waals surface area (Å²) in [5.41, 5.74) is 3.96. The van der Waals surface area contributed by atoms with Crippen LogP contribution in [0.3, 0.4) is 0 Å². The van der Waals surface area contributed by atoms with Crippen molar-refractivity contribution in [2.45, 2.75) is 20.8 Å². The Morgan fingerprint density at radius 3 is 2.00 bits per heavy atom. The van der Waals surface area contributed by atoms with E-state index < -0.39 is 5.97 Å². The first-order valence-electron chi connectivity index (χ1n) is 6.02. The quantitative estimate of drug-likeness (QED) is 0.910. The molecule has 104 valence electrons. The van der Waals surface area contributed by atoms with Crippen molar-refractivity contribution in [1.29, 1.82) is 0 Å². The molecule has 0 aliphatic rings. The van der Waals surface area contributed by atoms with Crippen molar-refractivity contribution in [1.82, 2.24) is 4.90 Å². The number of anilines is 1. The van der Waals surface area contributed by atoms with Crippen LogP contribution in [0.5, 0.6) is 0 Å². The molecule has 1 rings (SSSR count). The molecule has 19 heavy (non-hydrogen) atoms. The fourth-order valence-electron chi connectivity index (χ4n) is 2.32. The number of carbonyl (C=O) groups is 2. The number of amides is 2. The van der Waals surface area contributed by atoms with Crippen LogP contribution in [0, 0.1) is 20.8 Å². The Morgan fingerprint density at radius 2 is 1.58 bits per heavy atom. The van der Waals surface area contributed by atoms with E-state index in [1.165, 1.54) is 16.8 Å². The van der Waals surface area contributed by atoms with Crippen LogP contribution in [-0.2, 0) is 4.79 Å². The fourth-order valence-corrected chi connectivity index (χ4v) is 2.32. The first kappa shape index (κ1) is 15.0. The van der Waals surface area contributed by atoms with Gasteiger partial charge in [0.1, 0.15) is 6.54 Å². The van der Waals surface area contributed by atoms with Crippen molar-refractivity contribution in [2.75, 3.05) is 25.5 Å². The van der Waals surface area contributed by atoms with E-state index in [0.29, 0.717) is 0 Å². The van der Waals surface area contributed by atoms with Crippen molar-refractivity contribution in [3.63, 3.8) is 0 Å². The summed E-state index contributed by atoms with van der Waals surface area (Å²) in [6, 6.07) is 3.67. The van der Waals surface area contributed by atoms with Crippen molar-refractivity contribution in [3.05, 3.63) is 28.8 Å². The molecule has 0 aliphatic heterocycles. The number of likely N-dealkylation sites (N-methyl/N-ethyl adjacent to an activating group) is 1. The number of carboxylic acids is 1. The summed E-state index contributed by atoms with van der Waals surface area (Å²) in [4.78, 5) is 25.5. The van der Waals surface area contributed by atoms with Crippen LogP contribution in [0.2, 0.25) is 0 Å². The number of rotatable bonds is 3. The van der Waals surface area contributed by atoms with Gasteiger partial charge in [0, 0.05) is 14.1 Å². The summed E-state index contributed by atoms with van der Waals surface area (Å²) in [5, 5.41) is 8.72. The Labute approximate surface area is 113 Å². The highest BCUT2D eigenvalue weighted by atomic mass is 16.4. The highest BCUT2D eigenvalue weighted by Crippen LogP contribution is 2.25. The van der Waals surface area contributed by atoms with Crippen molar-refractivity contribution < 1.29 is 14.7 Å². The molecule has 1 N–H and O–H groups in total. The zero-order valence-electron chi connectivity index (χ0n) is 12.0. The van der Waals surface area contributed by atoms with E-state index in [4.69, 9.17) is 5.11 Å². The predicted octanol–water partition coefficient (Wildman–Crippen LogP) is 2.18. The van der Waals surface area contributed by atoms with Crippen LogP contribution < -0.4 is 4.90 Å². The molecule has 1 aromatic rings. The van der Waals surface area contributed by atoms with Gasteiger partial charge in [-0.1, -0.05) is 17.7 Å². The van der Waals surface area contributed by atoms with Gasteiger partial charge in [0.15, 0.2) is 0 Å². The molecule has 0 bridgehead atoms. The minimum absolute atomic E-state index is 0.312. The van der Waals surface area contributed by atoms with Crippen molar-refractivity contribution in [2.24, 2.45) is 0 Å². The minimum atomic E-state index is -1.03. The van der Waals surface area contributed by atoms with Crippen LogP contribution >= 0.6 is 0 Å². The van der Waals surface area contributed by atoms with Gasteiger partial charge in [0.25, 0.3) is 0 Å². The number of benzene rings is 1. The molecule has 0 spiro atoms. The van der Waals surface area contributed by atoms with Gasteiger partial charge in [-0.25, -0.2) is 4.79 Å². The average Bonchev–Trinajstić information content (AvgIpc) is 2.25. The second-order valence-electron chi connectivity index (χ2n) is 4.84. The van der Waals surface area contributed by atoms with E-state index >= 15 is 0 Å². The summed E-state index contributed by atoms with van der Waals surface area (Å²) in [6.45, 7) is 5.57. The molecule has 0 unspecified atom stereocenters. The third-order valence-corrected chi connectivity index (χ3v) is 2.96. The van der Waals surface area contributed by atoms with Crippen LogP contribution in [-0.4, -0.2) is 42.6 Å². The summed E-state index contributed by atoms with van der Waals surface area (Å²) in [5.74, 6) is -1.03. The maximum atomic E-state index is 12.2. The van der Waals surface area contributed by atoms with Crippen LogP contribution in [0.15, 0.2) is 12.1 Å². The smallest absolute Gasteiger partial charge is 0.324 e. The molecule has 0 aromatic heterocycles. The number of aryl methyl sites for hydroxylation is 3. The number of hydrogen-bond acceptors (Lipinski definition) is 2. The van der Waals surface area contributed by atoms with Gasteiger partial charge in [-0.05, 0) is 31.9 Å². The van der Waals surface area contributed by atoms with E-state index in [1.54, 1.807) is 7.05 Å². The lowest BCUT2D eigenvalue weighted by molar-refractivity contribution is -0.137. The zero-order valence-corrected chi connectivity index (χ0v) is 12.0. The van der Waals surface area contributed by atoms with Gasteiger partial charge in [-0.3, -0.25) is 9.69 Å². The van der Waals surface area contributed by atoms with Gasteiger partial charge in [0.2, 0.25) is 0 Å². The summed E-state index contributed by atoms with van der Waals surface area (Å²) in [6.07, 6.45) is 0. The molecule has 5 heteroatoms. The Hall–Kier alpha value is -2.04. The van der Waals surface area contributed by atoms with E-state index in [9.17, 15) is 9.59 Å². The van der Waals surface area contributed by atoms with E-state index in [1.807, 2.05) is 32.9 Å². The van der Waals surface area contributed by atoms with Crippen molar-refractivity contribution >= 4 is 17.7 Å². The largest absolute Gasteiger partial charge is 0.480 e. The Balaban J connectivity index is 3.03. The number of aliphatic carboxylic acids is 1. The lowest BCUT2D eigenvalue weighted by atomic mass is 10.0. The van der Waals surface area contributed by atoms with E-state index in [2.05, 4.69) is 0 Å². The third kappa shape index (κ3) is 3.47. The highest BCUT2D eigenvalue weighted by molar-refractivity contribution is 5.94. The van der Waals surface area contributed by atoms with Crippen LogP contribution in [0.4, 0.5) is 10.5 Å². The van der Waals surface area contributed by atoms with Gasteiger partial charge in [-0.2, -0.15) is 0 Å². The number of nitrogens with zero attached hydrogens (tertiary/aromatic N) is 2. The molecule has 0 radical (unpaired) electrons. The summed E-state index contributed by atoms with van der Waals surface area (Å²) >= 11 is 0. The number of urea groups is 1. The monoisotopic (exact) mass is 264 g/mol. The lowest BCUT2D eigenvalue weighted by Gasteiger charge is -2.26. The van der Waals surface area contributed by atoms with E-state index in [-0.39, 0.29) is 12.6 Å². The Kier molecular flexibility index (Phi) is 4.53. The fraction of sp³-hybridized carbons (Fsp3) is 0.429. The van der Waals surface area contributed by atoms with Crippen LogP contribution in [0.25, 0.3) is 0 Å². The van der Waals surface area contributed by atoms with Gasteiger partial charge in [-0.15, -0.1) is 0 Å². The van der Waals surface area contributed by atoms with Crippen LogP contribution in [0.1, 0.15) is 16.7 Å². The number of hydrogen-bond donors (Lipinski definition) is 1. The summed E-state index contributed by atoms with van der Waals surface area (Å²) < 4.78 is 0. The third-order valence-electron chi connectivity index (χ3n) is 2.96. The number of carboxylic acid groups (broad SMARTS) is 1. The Bertz CT molecular complexity index is 488. The van der Waals surface area contributed by atoms with Gasteiger partial charge in [0.05, 0.1) is 5.69 Å². The molecule has 5 nitrogen and oxygen atoms in total. The van der Waals surface area contributed by atoms with E-state index in [0.717, 1.165) is 22.4 Å². The van der Waals surface area contributed by atoms with Gasteiger partial charge < -0.3 is 10.0 Å². The summed E-state index contributed by atoms with van der Waals surface area (Å²) in [7, 11) is 3.14. The molecule has 1 aromatic carbocycles. The molecule has 0 saturated carbocycles. The average molecular weight is 264 g/mol. The highest BCUT2D eigenvalue weighted by Gasteiger charge is 2.20. The molecule has 0 aliphatic carbocycles. The topological polar surface area (TPSA) is 60.9 Å². The number of carbonyl (C=O) groups excluding carboxylic acids is 1. The molecule has 0 heterocycles. The first-order valence-corrected chi connectivity index (χ1v) is 6.02. The standard InChI is InChI=1S/C14H20N2O3/c1-9-6-10(2)13(11(3)7-9)16(5)14(19)15(4)8-12(17)18/h6-7H,8H2,1-5H3,(H,17,18). The molecular formula is C14H20N2O3. The predicted molar refractivity (Wildman–Crippen MR) is 74.7 cm³/mol. The molecule has 0 fully saturated rings. The van der Waals surface area contributed by atoms with Crippen molar-refractivity contribution in [3.8, 4) is 0 Å². The minimum Gasteiger partial charge on any atom is -0.480 e. The maximum Gasteiger partial charge on any atom is 0.324 e.